The van der Waals surface area contributed by atoms with E-state index in [0.717, 1.165) is 41.6 Å². The maximum absolute atomic E-state index is 12.9. The van der Waals surface area contributed by atoms with Gasteiger partial charge in [-0.15, -0.1) is 0 Å². The minimum atomic E-state index is -4.72. The molecule has 1 unspecified atom stereocenters. The van der Waals surface area contributed by atoms with Crippen LogP contribution in [-0.4, -0.2) is 91.2 Å². The number of carbonyl (C=O) groups is 3. The van der Waals surface area contributed by atoms with Crippen LogP contribution < -0.4 is 15.5 Å². The molecule has 0 radical (unpaired) electrons. The first-order chi connectivity index (χ1) is 33.6. The molecule has 0 saturated heterocycles. The molecule has 2 atom stereocenters. The number of amides is 1. The number of likely N-dealkylation sites (N-methyl/N-ethyl adjacent to an activating group) is 1. The Labute approximate surface area is 412 Å². The summed E-state index contributed by atoms with van der Waals surface area (Å²) in [6.07, 6.45) is 17.6. The Bertz CT molecular complexity index is 2250. The first kappa shape index (κ1) is 57.3. The molecule has 3 aromatic carbocycles. The van der Waals surface area contributed by atoms with Gasteiger partial charge in [-0.1, -0.05) is 139 Å². The minimum Gasteiger partial charge on any atom is -0.756 e. The number of nitrogens with one attached hydrogen (secondary N) is 2. The summed E-state index contributed by atoms with van der Waals surface area (Å²) >= 11 is 0. The quantitative estimate of drug-likeness (QED) is 0.0107. The fraction of sp³-hybridized carbons (Fsp3) is 0.588. The number of carbonyl (C=O) groups excluding carboxylic acids is 3. The predicted octanol–water partition coefficient (Wildman–Crippen LogP) is 10.6. The lowest BCUT2D eigenvalue weighted by atomic mass is 10.0. The second-order valence-electron chi connectivity index (χ2n) is 18.8. The van der Waals surface area contributed by atoms with Gasteiger partial charge in [0, 0.05) is 43.1 Å². The molecule has 4 aromatic rings. The average Bonchev–Trinajstić information content (AvgIpc) is 3.82. The molecule has 1 amide bonds. The Hall–Kier alpha value is -5.26. The Balaban J connectivity index is 1.14. The number of nitro groups is 1. The van der Waals surface area contributed by atoms with E-state index in [1.54, 1.807) is 6.07 Å². The number of anilines is 2. The Kier molecular flexibility index (Phi) is 25.5. The molecule has 386 valence electrons. The third-order valence-electron chi connectivity index (χ3n) is 11.7. The summed E-state index contributed by atoms with van der Waals surface area (Å²) in [6.45, 7) is 1.96. The first-order valence-electron chi connectivity index (χ1n) is 25.0. The second kappa shape index (κ2) is 31.2. The largest absolute Gasteiger partial charge is 0.756 e. The highest BCUT2D eigenvalue weighted by Gasteiger charge is 2.23. The number of aromatic nitrogens is 2. The number of ether oxygens (including phenoxy) is 2. The molecule has 4 rings (SSSR count). The van der Waals surface area contributed by atoms with Crippen molar-refractivity contribution < 1.29 is 56.4 Å². The molecule has 2 N–H and O–H groups in total. The molecule has 0 aliphatic rings. The van der Waals surface area contributed by atoms with E-state index in [1.165, 1.54) is 70.3 Å². The fourth-order valence-corrected chi connectivity index (χ4v) is 8.36. The highest BCUT2D eigenvalue weighted by atomic mass is 31.2. The number of unbranched alkanes of at least 4 members (excludes halogenated alkanes) is 15. The number of benzene rings is 3. The molecule has 0 aliphatic heterocycles. The number of esters is 2. The minimum absolute atomic E-state index is 0.0147. The zero-order valence-corrected chi connectivity index (χ0v) is 42.6. The molecule has 19 heteroatoms. The lowest BCUT2D eigenvalue weighted by molar-refractivity contribution is -0.870. The van der Waals surface area contributed by atoms with E-state index in [4.69, 9.17) is 23.2 Å². The van der Waals surface area contributed by atoms with Crippen LogP contribution in [-0.2, 0) is 44.0 Å². The topological polar surface area (TPSA) is 234 Å². The monoisotopic (exact) mass is 995 g/mol. The van der Waals surface area contributed by atoms with E-state index >= 15 is 0 Å². The number of hydrogen-bond donors (Lipinski definition) is 2. The summed E-state index contributed by atoms with van der Waals surface area (Å²) < 4.78 is 38.7. The van der Waals surface area contributed by atoms with Gasteiger partial charge in [-0.25, -0.2) is 4.63 Å². The smallest absolute Gasteiger partial charge is 0.306 e. The van der Waals surface area contributed by atoms with Crippen LogP contribution in [0.5, 0.6) is 0 Å². The van der Waals surface area contributed by atoms with E-state index in [-0.39, 0.29) is 55.1 Å². The van der Waals surface area contributed by atoms with Crippen LogP contribution >= 0.6 is 7.82 Å². The van der Waals surface area contributed by atoms with E-state index in [2.05, 4.69) is 27.9 Å². The Morgan fingerprint density at radius 2 is 1.30 bits per heavy atom. The zero-order valence-electron chi connectivity index (χ0n) is 41.7. The number of para-hydroxylation sites is 1. The second-order valence-corrected chi connectivity index (χ2v) is 20.2. The Morgan fingerprint density at radius 1 is 0.714 bits per heavy atom. The number of rotatable bonds is 37. The fourth-order valence-electron chi connectivity index (χ4n) is 7.63. The molecule has 1 heterocycles. The number of quaternary nitrogens is 1. The van der Waals surface area contributed by atoms with Crippen LogP contribution in [0.25, 0.3) is 22.2 Å². The van der Waals surface area contributed by atoms with Gasteiger partial charge in [-0.2, -0.15) is 0 Å². The van der Waals surface area contributed by atoms with E-state index in [1.807, 2.05) is 69.7 Å². The summed E-state index contributed by atoms with van der Waals surface area (Å²) in [4.78, 5) is 61.5. The van der Waals surface area contributed by atoms with Crippen molar-refractivity contribution in [3.8, 4) is 11.1 Å². The summed E-state index contributed by atoms with van der Waals surface area (Å²) in [5.41, 5.74) is 3.96. The van der Waals surface area contributed by atoms with Gasteiger partial charge in [0.05, 0.1) is 38.4 Å². The molecule has 18 nitrogen and oxygen atoms in total. The number of phosphoric acid groups is 1. The van der Waals surface area contributed by atoms with Crippen molar-refractivity contribution in [1.29, 1.82) is 0 Å². The van der Waals surface area contributed by atoms with Crippen molar-refractivity contribution >= 4 is 53.8 Å². The van der Waals surface area contributed by atoms with Gasteiger partial charge in [-0.3, -0.25) is 29.1 Å². The van der Waals surface area contributed by atoms with Gasteiger partial charge in [0.25, 0.3) is 7.82 Å². The molecule has 0 aliphatic carbocycles. The van der Waals surface area contributed by atoms with Crippen molar-refractivity contribution in [3.63, 3.8) is 0 Å². The third-order valence-corrected chi connectivity index (χ3v) is 12.7. The van der Waals surface area contributed by atoms with Crippen LogP contribution in [0.4, 0.5) is 17.1 Å². The van der Waals surface area contributed by atoms with E-state index in [0.29, 0.717) is 48.9 Å². The SMILES string of the molecule is CCCCCCCCCCCCCCCCC(=O)OC[C@H](COP(=O)([O-])OCC[N+](C)(C)C)OC(=O)CCCCCC(=O)NCc1ccc(-c2ccccc2Nc2ccc([N+](=O)[O-])c3nonc23)cc1. The highest BCUT2D eigenvalue weighted by molar-refractivity contribution is 7.45. The van der Waals surface area contributed by atoms with Crippen LogP contribution in [0.15, 0.2) is 65.3 Å². The molecule has 0 saturated carbocycles. The number of nitro benzene ring substituents is 1. The number of hydrogen-bond acceptors (Lipinski definition) is 15. The summed E-state index contributed by atoms with van der Waals surface area (Å²) in [5, 5.41) is 25.2. The van der Waals surface area contributed by atoms with Gasteiger partial charge in [0.2, 0.25) is 11.4 Å². The number of phosphoric ester groups is 1. The predicted molar refractivity (Wildman–Crippen MR) is 267 cm³/mol. The zero-order chi connectivity index (χ0) is 50.6. The maximum atomic E-state index is 12.9. The van der Waals surface area contributed by atoms with Crippen molar-refractivity contribution in [2.45, 2.75) is 148 Å². The summed E-state index contributed by atoms with van der Waals surface area (Å²) in [5.74, 6) is -1.20. The van der Waals surface area contributed by atoms with E-state index < -0.39 is 37.4 Å². The molecule has 70 heavy (non-hydrogen) atoms. The van der Waals surface area contributed by atoms with Crippen molar-refractivity contribution in [3.05, 3.63) is 76.3 Å². The lowest BCUT2D eigenvalue weighted by Gasteiger charge is -2.28. The van der Waals surface area contributed by atoms with Crippen LogP contribution in [0.1, 0.15) is 141 Å². The van der Waals surface area contributed by atoms with Gasteiger partial charge in [0.15, 0.2) is 11.6 Å². The average molecular weight is 995 g/mol. The van der Waals surface area contributed by atoms with Crippen molar-refractivity contribution in [1.82, 2.24) is 15.6 Å². The normalized spacial score (nSPS) is 12.9. The first-order valence-corrected chi connectivity index (χ1v) is 26.5. The van der Waals surface area contributed by atoms with Crippen LogP contribution in [0, 0.1) is 10.1 Å². The van der Waals surface area contributed by atoms with Gasteiger partial charge >= 0.3 is 17.6 Å². The van der Waals surface area contributed by atoms with E-state index in [9.17, 15) is 34.0 Å². The third kappa shape index (κ3) is 22.7. The molecule has 0 spiro atoms. The summed E-state index contributed by atoms with van der Waals surface area (Å²) in [7, 11) is 0.962. The molecular weight excluding hydrogens is 920 g/mol. The molecule has 1 aromatic heterocycles. The van der Waals surface area contributed by atoms with Gasteiger partial charge in [-0.05, 0) is 52.8 Å². The summed E-state index contributed by atoms with van der Waals surface area (Å²) in [6, 6.07) is 18.2. The molecule has 0 fully saturated rings. The van der Waals surface area contributed by atoms with Gasteiger partial charge in [0.1, 0.15) is 19.8 Å². The van der Waals surface area contributed by atoms with Crippen molar-refractivity contribution in [2.24, 2.45) is 0 Å². The van der Waals surface area contributed by atoms with Gasteiger partial charge < -0.3 is 38.5 Å². The highest BCUT2D eigenvalue weighted by Crippen LogP contribution is 2.38. The number of non-ortho nitro benzene ring substituents is 1. The van der Waals surface area contributed by atoms with Crippen molar-refractivity contribution in [2.75, 3.05) is 52.8 Å². The standard InChI is InChI=1S/C51H75N6O12P/c1-5-6-7-8-9-10-11-12-13-14-15-16-17-20-27-48(59)65-38-42(39-67-70(63,64)66-36-35-57(2,3)4)68-49(60)28-21-18-19-26-47(58)52-37-40-29-31-41(32-30-40)43-24-22-23-25-44(43)53-45-33-34-46(56(61)62)51-50(45)54-69-55-51/h22-25,29-34,42H,5-21,26-28,35-39H2,1-4H3,(H2-,52,53,55,58,63,64)/t42-/m1/s1. The van der Waals surface area contributed by atoms with Crippen LogP contribution in [0.2, 0.25) is 0 Å². The van der Waals surface area contributed by atoms with Crippen LogP contribution in [0.3, 0.4) is 0 Å². The number of nitrogens with zero attached hydrogens (tertiary/aromatic N) is 4. The lowest BCUT2D eigenvalue weighted by Crippen LogP contribution is -2.37. The molecular formula is C51H75N6O12P. The Morgan fingerprint density at radius 3 is 1.94 bits per heavy atom. The number of fused-ring (bicyclic) bond motifs is 1. The molecule has 0 bridgehead atoms. The maximum Gasteiger partial charge on any atom is 0.306 e.